The molecule has 0 radical (unpaired) electrons. The van der Waals surface area contributed by atoms with Crippen LogP contribution in [0, 0.1) is 5.92 Å². The molecule has 94 valence electrons. The highest BCUT2D eigenvalue weighted by molar-refractivity contribution is 5.20. The van der Waals surface area contributed by atoms with Crippen LogP contribution in [0.4, 0.5) is 0 Å². The highest BCUT2D eigenvalue weighted by atomic mass is 14.8. The Morgan fingerprint density at radius 3 is 2.35 bits per heavy atom. The molecule has 1 aromatic carbocycles. The van der Waals surface area contributed by atoms with Gasteiger partial charge in [-0.2, -0.15) is 0 Å². The Labute approximate surface area is 106 Å². The Balaban J connectivity index is 2.53. The van der Waals surface area contributed by atoms with E-state index in [0.717, 1.165) is 13.1 Å². The maximum absolute atomic E-state index is 3.52. The van der Waals surface area contributed by atoms with Crippen LogP contribution >= 0.6 is 0 Å². The van der Waals surface area contributed by atoms with Gasteiger partial charge in [0.05, 0.1) is 0 Å². The summed E-state index contributed by atoms with van der Waals surface area (Å²) in [4.78, 5) is 0. The largest absolute Gasteiger partial charge is 0.313 e. The normalized spacial score (nSPS) is 12.5. The predicted molar refractivity (Wildman–Crippen MR) is 76.3 cm³/mol. The molecule has 0 fully saturated rings. The summed E-state index contributed by atoms with van der Waals surface area (Å²) in [6.45, 7) is 10.9. The minimum absolute atomic E-state index is 0.599. The topological polar surface area (TPSA) is 12.0 Å². The van der Waals surface area contributed by atoms with Gasteiger partial charge in [-0.05, 0) is 31.2 Å². The average molecular weight is 231 g/mol. The summed E-state index contributed by atoms with van der Waals surface area (Å²) in [7, 11) is 0. The summed E-state index contributed by atoms with van der Waals surface area (Å²) < 4.78 is 0. The van der Waals surface area contributed by atoms with Gasteiger partial charge >= 0.3 is 0 Å². The quantitative estimate of drug-likeness (QED) is 0.577. The van der Waals surface area contributed by atoms with E-state index in [2.05, 4.69) is 69.4 Å². The fourth-order valence-electron chi connectivity index (χ4n) is 1.95. The van der Waals surface area contributed by atoms with E-state index in [0.29, 0.717) is 11.8 Å². The highest BCUT2D eigenvalue weighted by Crippen LogP contribution is 2.23. The lowest BCUT2D eigenvalue weighted by Crippen LogP contribution is -2.25. The lowest BCUT2D eigenvalue weighted by atomic mass is 9.88. The van der Waals surface area contributed by atoms with Gasteiger partial charge in [-0.25, -0.2) is 0 Å². The number of hydrogen-bond acceptors (Lipinski definition) is 1. The molecule has 0 heterocycles. The van der Waals surface area contributed by atoms with Crippen molar-refractivity contribution < 1.29 is 0 Å². The van der Waals surface area contributed by atoms with Crippen LogP contribution in [0.5, 0.6) is 0 Å². The van der Waals surface area contributed by atoms with E-state index < -0.39 is 0 Å². The van der Waals surface area contributed by atoms with E-state index in [1.807, 2.05) is 0 Å². The van der Waals surface area contributed by atoms with Crippen LogP contribution < -0.4 is 5.32 Å². The van der Waals surface area contributed by atoms with Gasteiger partial charge in [0.1, 0.15) is 0 Å². The minimum Gasteiger partial charge on any atom is -0.313 e. The molecule has 0 amide bonds. The second kappa shape index (κ2) is 7.29. The molecule has 0 aromatic heterocycles. The van der Waals surface area contributed by atoms with E-state index in [-0.39, 0.29) is 0 Å². The number of hydrogen-bond donors (Lipinski definition) is 1. The van der Waals surface area contributed by atoms with Crippen LogP contribution in [0.3, 0.4) is 0 Å². The number of benzene rings is 1. The first-order valence-corrected chi connectivity index (χ1v) is 6.50. The van der Waals surface area contributed by atoms with E-state index in [1.165, 1.54) is 11.1 Å². The number of allylic oxidation sites excluding steroid dienone is 1. The SMILES string of the molecule is CC(C)=CCNCC(c1ccccc1)C(C)C. The Kier molecular flexibility index (Phi) is 5.99. The lowest BCUT2D eigenvalue weighted by molar-refractivity contribution is 0.471. The summed E-state index contributed by atoms with van der Waals surface area (Å²) in [6.07, 6.45) is 2.24. The molecule has 1 aromatic rings. The molecule has 1 atom stereocenters. The molecule has 0 saturated heterocycles. The first-order valence-electron chi connectivity index (χ1n) is 6.50. The van der Waals surface area contributed by atoms with Gasteiger partial charge < -0.3 is 5.32 Å². The molecule has 0 aliphatic rings. The third-order valence-corrected chi connectivity index (χ3v) is 3.05. The third-order valence-electron chi connectivity index (χ3n) is 3.05. The van der Waals surface area contributed by atoms with Gasteiger partial charge in [-0.3, -0.25) is 0 Å². The van der Waals surface area contributed by atoms with Gasteiger partial charge in [-0.1, -0.05) is 55.8 Å². The molecule has 1 N–H and O–H groups in total. The van der Waals surface area contributed by atoms with Gasteiger partial charge in [0.2, 0.25) is 0 Å². The van der Waals surface area contributed by atoms with E-state index in [1.54, 1.807) is 0 Å². The van der Waals surface area contributed by atoms with Crippen LogP contribution in [-0.4, -0.2) is 13.1 Å². The first-order chi connectivity index (χ1) is 8.11. The average Bonchev–Trinajstić information content (AvgIpc) is 2.29. The molecule has 0 bridgehead atoms. The van der Waals surface area contributed by atoms with Crippen LogP contribution in [0.1, 0.15) is 39.2 Å². The first kappa shape index (κ1) is 14.0. The molecule has 1 rings (SSSR count). The Bertz CT molecular complexity index is 334. The monoisotopic (exact) mass is 231 g/mol. The van der Waals surface area contributed by atoms with Gasteiger partial charge in [-0.15, -0.1) is 0 Å². The van der Waals surface area contributed by atoms with Gasteiger partial charge in [0.15, 0.2) is 0 Å². The van der Waals surface area contributed by atoms with E-state index in [4.69, 9.17) is 0 Å². The predicted octanol–water partition coefficient (Wildman–Crippen LogP) is 3.98. The Hall–Kier alpha value is -1.08. The maximum Gasteiger partial charge on any atom is 0.0137 e. The third kappa shape index (κ3) is 5.18. The van der Waals surface area contributed by atoms with Crippen molar-refractivity contribution in [2.75, 3.05) is 13.1 Å². The summed E-state index contributed by atoms with van der Waals surface area (Å²) in [5, 5.41) is 3.52. The second-order valence-corrected chi connectivity index (χ2v) is 5.20. The molecule has 0 saturated carbocycles. The zero-order valence-corrected chi connectivity index (χ0v) is 11.5. The molecule has 1 unspecified atom stereocenters. The van der Waals surface area contributed by atoms with Crippen molar-refractivity contribution in [3.8, 4) is 0 Å². The van der Waals surface area contributed by atoms with Crippen molar-refractivity contribution in [1.29, 1.82) is 0 Å². The molecular formula is C16H25N. The number of rotatable bonds is 6. The zero-order chi connectivity index (χ0) is 12.7. The second-order valence-electron chi connectivity index (χ2n) is 5.20. The van der Waals surface area contributed by atoms with Gasteiger partial charge in [0, 0.05) is 13.1 Å². The van der Waals surface area contributed by atoms with E-state index in [9.17, 15) is 0 Å². The van der Waals surface area contributed by atoms with Crippen LogP contribution in [-0.2, 0) is 0 Å². The molecule has 0 aliphatic carbocycles. The van der Waals surface area contributed by atoms with Crippen molar-refractivity contribution in [3.05, 3.63) is 47.5 Å². The maximum atomic E-state index is 3.52. The standard InChI is InChI=1S/C16H25N/c1-13(2)10-11-17-12-16(14(3)4)15-8-6-5-7-9-15/h5-10,14,16-17H,11-12H2,1-4H3. The van der Waals surface area contributed by atoms with Crippen LogP contribution in [0.15, 0.2) is 42.0 Å². The zero-order valence-electron chi connectivity index (χ0n) is 11.5. The molecule has 1 heteroatoms. The molecule has 17 heavy (non-hydrogen) atoms. The van der Waals surface area contributed by atoms with Crippen molar-refractivity contribution in [2.45, 2.75) is 33.6 Å². The summed E-state index contributed by atoms with van der Waals surface area (Å²) >= 11 is 0. The van der Waals surface area contributed by atoms with Crippen LogP contribution in [0.2, 0.25) is 0 Å². The molecule has 0 aliphatic heterocycles. The lowest BCUT2D eigenvalue weighted by Gasteiger charge is -2.21. The van der Waals surface area contributed by atoms with Crippen molar-refractivity contribution >= 4 is 0 Å². The summed E-state index contributed by atoms with van der Waals surface area (Å²) in [6, 6.07) is 10.8. The summed E-state index contributed by atoms with van der Waals surface area (Å²) in [5.41, 5.74) is 2.81. The fourth-order valence-corrected chi connectivity index (χ4v) is 1.95. The Morgan fingerprint density at radius 2 is 1.82 bits per heavy atom. The Morgan fingerprint density at radius 1 is 1.18 bits per heavy atom. The highest BCUT2D eigenvalue weighted by Gasteiger charge is 2.14. The molecule has 0 spiro atoms. The molecule has 1 nitrogen and oxygen atoms in total. The van der Waals surface area contributed by atoms with Crippen molar-refractivity contribution in [2.24, 2.45) is 5.92 Å². The fraction of sp³-hybridized carbons (Fsp3) is 0.500. The van der Waals surface area contributed by atoms with Gasteiger partial charge in [0.25, 0.3) is 0 Å². The summed E-state index contributed by atoms with van der Waals surface area (Å²) in [5.74, 6) is 1.26. The number of nitrogens with one attached hydrogen (secondary N) is 1. The van der Waals surface area contributed by atoms with Crippen molar-refractivity contribution in [1.82, 2.24) is 5.32 Å². The van der Waals surface area contributed by atoms with E-state index >= 15 is 0 Å². The van der Waals surface area contributed by atoms with Crippen LogP contribution in [0.25, 0.3) is 0 Å². The smallest absolute Gasteiger partial charge is 0.0137 e. The molecular weight excluding hydrogens is 206 g/mol. The van der Waals surface area contributed by atoms with Crippen molar-refractivity contribution in [3.63, 3.8) is 0 Å². The minimum atomic E-state index is 0.599.